The van der Waals surface area contributed by atoms with Crippen LogP contribution in [0.4, 0.5) is 23.0 Å². The summed E-state index contributed by atoms with van der Waals surface area (Å²) in [6.07, 6.45) is 11.4. The number of unbranched alkanes of at least 4 members (excludes halogenated alkanes) is 6. The first-order valence-electron chi connectivity index (χ1n) is 28.8. The Morgan fingerprint density at radius 1 is 0.880 bits per heavy atom. The SMILES string of the molecule is C=CC(=O)Nc1cc(Nc2nccc(-c3cn(C)c4ccccc34)n2)c(OC)cc1N(CCCCCCC(=O)NCCCCCCC(=O)NC(C(=O)N1CC(O)CC1C(=O)NCc1ccc(-c2scnc2C)cc1)C(C)(C)C)CCN(C)C. The van der Waals surface area contributed by atoms with Crippen LogP contribution in [0.25, 0.3) is 32.6 Å². The molecule has 6 N–H and O–H groups in total. The van der Waals surface area contributed by atoms with Gasteiger partial charge in [0.25, 0.3) is 0 Å². The van der Waals surface area contributed by atoms with Gasteiger partial charge in [0.05, 0.1) is 52.1 Å². The van der Waals surface area contributed by atoms with Crippen LogP contribution in [-0.4, -0.2) is 136 Å². The second-order valence-electron chi connectivity index (χ2n) is 22.7. The molecule has 20 heteroatoms. The number of para-hydroxylation sites is 1. The van der Waals surface area contributed by atoms with Crippen molar-refractivity contribution in [2.75, 3.05) is 69.5 Å². The zero-order chi connectivity index (χ0) is 59.6. The van der Waals surface area contributed by atoms with Gasteiger partial charge in [-0.15, -0.1) is 11.3 Å². The van der Waals surface area contributed by atoms with Crippen LogP contribution in [-0.2, 0) is 37.6 Å². The summed E-state index contributed by atoms with van der Waals surface area (Å²) in [7, 11) is 7.67. The molecule has 83 heavy (non-hydrogen) atoms. The van der Waals surface area contributed by atoms with Gasteiger partial charge in [-0.1, -0.05) is 95.5 Å². The molecule has 3 unspecified atom stereocenters. The summed E-state index contributed by atoms with van der Waals surface area (Å²) < 4.78 is 8.02. The van der Waals surface area contributed by atoms with E-state index in [1.807, 2.05) is 109 Å². The third-order valence-electron chi connectivity index (χ3n) is 14.9. The van der Waals surface area contributed by atoms with E-state index in [-0.39, 0.29) is 49.6 Å². The quantitative estimate of drug-likeness (QED) is 0.0183. The van der Waals surface area contributed by atoms with Gasteiger partial charge in [-0.3, -0.25) is 24.0 Å². The maximum absolute atomic E-state index is 14.1. The molecular formula is C63H84N12O7S. The molecule has 3 aromatic heterocycles. The van der Waals surface area contributed by atoms with Crippen molar-refractivity contribution in [2.45, 2.75) is 123 Å². The van der Waals surface area contributed by atoms with E-state index < -0.39 is 29.5 Å². The van der Waals surface area contributed by atoms with Gasteiger partial charge in [0, 0.05) is 101 Å². The monoisotopic (exact) mass is 1150 g/mol. The molecule has 1 fully saturated rings. The molecule has 0 radical (unpaired) electrons. The van der Waals surface area contributed by atoms with E-state index in [0.717, 1.165) is 101 Å². The molecule has 6 aromatic rings. The molecule has 3 aromatic carbocycles. The summed E-state index contributed by atoms with van der Waals surface area (Å²) in [5.41, 5.74) is 8.88. The number of benzene rings is 3. The van der Waals surface area contributed by atoms with Crippen LogP contribution in [0.15, 0.2) is 97.3 Å². The van der Waals surface area contributed by atoms with Crippen molar-refractivity contribution in [1.29, 1.82) is 0 Å². The Labute approximate surface area is 492 Å². The molecule has 19 nitrogen and oxygen atoms in total. The number of nitrogens with one attached hydrogen (secondary N) is 5. The fourth-order valence-electron chi connectivity index (χ4n) is 10.3. The largest absolute Gasteiger partial charge is 0.494 e. The van der Waals surface area contributed by atoms with E-state index in [1.54, 1.807) is 24.6 Å². The molecule has 1 aliphatic rings. The number of hydrogen-bond acceptors (Lipinski definition) is 14. The number of likely N-dealkylation sites (N-methyl/N-ethyl adjacent to an activating group) is 1. The van der Waals surface area contributed by atoms with Crippen molar-refractivity contribution in [3.8, 4) is 27.4 Å². The number of carbonyl (C=O) groups is 5. The fourth-order valence-corrected chi connectivity index (χ4v) is 11.1. The molecule has 0 saturated carbocycles. The number of amides is 5. The number of likely N-dealkylation sites (tertiary alicyclic amines) is 1. The van der Waals surface area contributed by atoms with Crippen LogP contribution in [0.2, 0.25) is 0 Å². The highest BCUT2D eigenvalue weighted by Gasteiger charge is 2.44. The lowest BCUT2D eigenvalue weighted by Crippen LogP contribution is -2.57. The Hall–Kier alpha value is -7.68. The molecule has 4 heterocycles. The predicted octanol–water partition coefficient (Wildman–Crippen LogP) is 9.14. The van der Waals surface area contributed by atoms with Gasteiger partial charge < -0.3 is 55.7 Å². The molecule has 0 spiro atoms. The van der Waals surface area contributed by atoms with E-state index in [0.29, 0.717) is 55.5 Å². The van der Waals surface area contributed by atoms with Gasteiger partial charge >= 0.3 is 0 Å². The normalized spacial score (nSPS) is 14.6. The lowest BCUT2D eigenvalue weighted by molar-refractivity contribution is -0.144. The highest BCUT2D eigenvalue weighted by molar-refractivity contribution is 7.13. The van der Waals surface area contributed by atoms with E-state index in [2.05, 4.69) is 75.8 Å². The Bertz CT molecular complexity index is 3170. The van der Waals surface area contributed by atoms with Gasteiger partial charge in [-0.05, 0) is 87.5 Å². The summed E-state index contributed by atoms with van der Waals surface area (Å²) in [5.74, 6) is -0.400. The smallest absolute Gasteiger partial charge is 0.247 e. The number of aromatic nitrogens is 4. The minimum atomic E-state index is -0.895. The first-order valence-corrected chi connectivity index (χ1v) is 29.7. The van der Waals surface area contributed by atoms with Crippen molar-refractivity contribution in [3.63, 3.8) is 0 Å². The van der Waals surface area contributed by atoms with Gasteiger partial charge in [-0.25, -0.2) is 15.0 Å². The van der Waals surface area contributed by atoms with Crippen molar-refractivity contribution >= 4 is 74.8 Å². The first kappa shape index (κ1) is 62.9. The number of aliphatic hydroxyl groups excluding tert-OH is 1. The number of nitrogens with zero attached hydrogens (tertiary/aromatic N) is 7. The summed E-state index contributed by atoms with van der Waals surface area (Å²) in [4.78, 5) is 87.2. The van der Waals surface area contributed by atoms with Crippen LogP contribution >= 0.6 is 11.3 Å². The van der Waals surface area contributed by atoms with Gasteiger partial charge in [0.1, 0.15) is 17.8 Å². The topological polar surface area (TPSA) is 228 Å². The molecule has 3 atom stereocenters. The van der Waals surface area contributed by atoms with Crippen LogP contribution in [0, 0.1) is 12.3 Å². The number of carbonyl (C=O) groups excluding carboxylic acids is 5. The Kier molecular flexibility index (Phi) is 22.8. The van der Waals surface area contributed by atoms with E-state index in [4.69, 9.17) is 9.72 Å². The van der Waals surface area contributed by atoms with Crippen molar-refractivity contribution < 1.29 is 33.8 Å². The highest BCUT2D eigenvalue weighted by Crippen LogP contribution is 2.39. The van der Waals surface area contributed by atoms with Crippen molar-refractivity contribution in [3.05, 3.63) is 109 Å². The van der Waals surface area contributed by atoms with Crippen molar-refractivity contribution in [2.24, 2.45) is 12.5 Å². The molecule has 444 valence electrons. The van der Waals surface area contributed by atoms with Crippen LogP contribution in [0.5, 0.6) is 5.75 Å². The average molecular weight is 1150 g/mol. The van der Waals surface area contributed by atoms with Gasteiger partial charge in [0.15, 0.2) is 0 Å². The number of ether oxygens (including phenoxy) is 1. The fraction of sp³-hybridized carbons (Fsp3) is 0.460. The number of aliphatic hydroxyl groups is 1. The second-order valence-corrected chi connectivity index (χ2v) is 23.6. The number of fused-ring (bicyclic) bond motifs is 1. The summed E-state index contributed by atoms with van der Waals surface area (Å²) in [5, 5.41) is 27.0. The Morgan fingerprint density at radius 2 is 1.60 bits per heavy atom. The Morgan fingerprint density at radius 3 is 2.30 bits per heavy atom. The molecule has 7 rings (SSSR count). The zero-order valence-corrected chi connectivity index (χ0v) is 50.4. The molecule has 0 bridgehead atoms. The number of anilines is 4. The first-order chi connectivity index (χ1) is 39.8. The van der Waals surface area contributed by atoms with E-state index >= 15 is 0 Å². The van der Waals surface area contributed by atoms with Crippen molar-refractivity contribution in [1.82, 2.24) is 45.3 Å². The van der Waals surface area contributed by atoms with E-state index in [1.165, 1.54) is 11.0 Å². The molecule has 0 aliphatic carbocycles. The zero-order valence-electron chi connectivity index (χ0n) is 49.6. The number of methoxy groups -OCH3 is 1. The summed E-state index contributed by atoms with van der Waals surface area (Å²) >= 11 is 1.58. The van der Waals surface area contributed by atoms with Gasteiger partial charge in [0.2, 0.25) is 35.5 Å². The maximum Gasteiger partial charge on any atom is 0.247 e. The third kappa shape index (κ3) is 17.7. The lowest BCUT2D eigenvalue weighted by Gasteiger charge is -2.35. The minimum Gasteiger partial charge on any atom is -0.494 e. The highest BCUT2D eigenvalue weighted by atomic mass is 32.1. The van der Waals surface area contributed by atoms with Gasteiger partial charge in [-0.2, -0.15) is 0 Å². The minimum absolute atomic E-state index is 0.00627. The molecule has 1 aliphatic heterocycles. The van der Waals surface area contributed by atoms with Crippen LogP contribution < -0.4 is 36.2 Å². The Balaban J connectivity index is 0.817. The third-order valence-corrected chi connectivity index (χ3v) is 15.9. The molecule has 5 amide bonds. The molecule has 1 saturated heterocycles. The number of hydrogen-bond donors (Lipinski definition) is 6. The average Bonchev–Trinajstić information content (AvgIpc) is 3.76. The summed E-state index contributed by atoms with van der Waals surface area (Å²) in [6.45, 7) is 14.3. The van der Waals surface area contributed by atoms with E-state index in [9.17, 15) is 29.1 Å². The predicted molar refractivity (Wildman–Crippen MR) is 331 cm³/mol. The number of rotatable bonds is 30. The number of thiazole rings is 1. The molecular weight excluding hydrogens is 1070 g/mol. The van der Waals surface area contributed by atoms with Crippen LogP contribution in [0.3, 0.4) is 0 Å². The number of β-amino-alcohol motifs (C(OH)–C–C–N with tert-alkyl or cyclic N) is 1. The maximum atomic E-state index is 14.1. The summed E-state index contributed by atoms with van der Waals surface area (Å²) in [6, 6.07) is 20.0. The number of aryl methyl sites for hydroxylation is 2. The van der Waals surface area contributed by atoms with Crippen LogP contribution in [0.1, 0.15) is 103 Å². The second kappa shape index (κ2) is 30.0. The standard InChI is InChI=1S/C63H84N12O7S/c1-10-55(77)68-49-36-50(70-62-65-31-29-48(69-62)47-40-73(8)51-22-18-17-21-46(47)51)54(82-9)37-52(49)74(34-33-72(6)7)32-20-14-12-15-23-56(78)64-30-19-13-11-16-24-57(79)71-59(63(3,4)5)61(81)75-39-45(76)35-53(75)60(80)66-38-43-25-27-44(28-26-43)58-42(2)67-41-83-58/h10,17-18,21-22,25-29,31,36-37,40-41,45,53,59,76H,1,11-16,19-20,23-24,30,32-35,38-39H2,2-9H3,(H,64,78)(H,66,80)(H,68,77)(H,71,79)(H,65,69,70). The lowest BCUT2D eigenvalue weighted by atomic mass is 9.85.